The average Bonchev–Trinajstić information content (AvgIpc) is 3.10. The second-order valence-electron chi connectivity index (χ2n) is 5.40. The molecule has 1 atom stereocenters. The first-order chi connectivity index (χ1) is 11.5. The van der Waals surface area contributed by atoms with Gasteiger partial charge in [0.05, 0.1) is 11.0 Å². The van der Waals surface area contributed by atoms with Gasteiger partial charge in [0.2, 0.25) is 0 Å². The molecular weight excluding hydrogens is 344 g/mol. The number of hydrogen-bond acceptors (Lipinski definition) is 6. The molecular formula is C16H18N4O2S2. The Morgan fingerprint density at radius 1 is 1.08 bits per heavy atom. The number of rotatable bonds is 6. The van der Waals surface area contributed by atoms with Crippen LogP contribution in [0.25, 0.3) is 11.0 Å². The van der Waals surface area contributed by atoms with E-state index in [2.05, 4.69) is 20.0 Å². The fourth-order valence-electron chi connectivity index (χ4n) is 2.10. The first kappa shape index (κ1) is 16.7. The number of anilines is 2. The normalized spacial score (nSPS) is 12.9. The third-order valence-corrected chi connectivity index (χ3v) is 6.29. The highest BCUT2D eigenvalue weighted by Gasteiger charge is 2.20. The van der Waals surface area contributed by atoms with Crippen molar-refractivity contribution < 1.29 is 8.42 Å². The largest absolute Gasteiger partial charge is 0.365 e. The molecule has 0 bridgehead atoms. The number of aromatic nitrogens is 2. The van der Waals surface area contributed by atoms with Crippen LogP contribution in [-0.2, 0) is 10.0 Å². The lowest BCUT2D eigenvalue weighted by molar-refractivity contribution is 0.603. The quantitative estimate of drug-likeness (QED) is 0.698. The van der Waals surface area contributed by atoms with Gasteiger partial charge in [-0.2, -0.15) is 0 Å². The van der Waals surface area contributed by atoms with E-state index in [1.54, 1.807) is 23.6 Å². The molecule has 0 unspecified atom stereocenters. The lowest BCUT2D eigenvalue weighted by Crippen LogP contribution is -2.19. The van der Waals surface area contributed by atoms with Crippen LogP contribution in [0.1, 0.15) is 20.3 Å². The van der Waals surface area contributed by atoms with Crippen LogP contribution in [0.5, 0.6) is 0 Å². The Morgan fingerprint density at radius 2 is 1.75 bits per heavy atom. The minimum atomic E-state index is -3.68. The molecule has 2 N–H and O–H groups in total. The first-order valence-electron chi connectivity index (χ1n) is 7.59. The Balaban J connectivity index is 2.05. The molecule has 0 saturated carbocycles. The topological polar surface area (TPSA) is 84.0 Å². The average molecular weight is 362 g/mol. The Hall–Kier alpha value is -2.19. The van der Waals surface area contributed by atoms with Crippen molar-refractivity contribution in [2.75, 3.05) is 10.0 Å². The zero-order chi connectivity index (χ0) is 17.2. The molecule has 126 valence electrons. The van der Waals surface area contributed by atoms with E-state index in [1.165, 1.54) is 0 Å². The molecule has 1 aromatic carbocycles. The van der Waals surface area contributed by atoms with E-state index in [0.29, 0.717) is 16.9 Å². The van der Waals surface area contributed by atoms with Crippen molar-refractivity contribution in [3.05, 3.63) is 41.8 Å². The Labute approximate surface area is 145 Å². The monoisotopic (exact) mass is 362 g/mol. The van der Waals surface area contributed by atoms with Crippen LogP contribution in [0.4, 0.5) is 11.6 Å². The molecule has 0 aliphatic carbocycles. The van der Waals surface area contributed by atoms with Crippen molar-refractivity contribution >= 4 is 44.0 Å². The van der Waals surface area contributed by atoms with Gasteiger partial charge >= 0.3 is 0 Å². The summed E-state index contributed by atoms with van der Waals surface area (Å²) in [5.74, 6) is 0.644. The predicted molar refractivity (Wildman–Crippen MR) is 98.0 cm³/mol. The molecule has 24 heavy (non-hydrogen) atoms. The fraction of sp³-hybridized carbons (Fsp3) is 0.250. The van der Waals surface area contributed by atoms with Crippen LogP contribution in [-0.4, -0.2) is 24.4 Å². The third-order valence-electron chi connectivity index (χ3n) is 3.56. The highest BCUT2D eigenvalue weighted by Crippen LogP contribution is 2.26. The summed E-state index contributed by atoms with van der Waals surface area (Å²) in [6.45, 7) is 4.05. The van der Waals surface area contributed by atoms with Crippen molar-refractivity contribution in [2.45, 2.75) is 30.5 Å². The van der Waals surface area contributed by atoms with E-state index >= 15 is 0 Å². The third kappa shape index (κ3) is 3.49. The van der Waals surface area contributed by atoms with Gasteiger partial charge in [-0.3, -0.25) is 4.72 Å². The van der Waals surface area contributed by atoms with Crippen LogP contribution < -0.4 is 10.0 Å². The number of fused-ring (bicyclic) bond motifs is 1. The number of nitrogens with zero attached hydrogens (tertiary/aromatic N) is 2. The van der Waals surface area contributed by atoms with Crippen LogP contribution in [0.2, 0.25) is 0 Å². The van der Waals surface area contributed by atoms with Crippen LogP contribution in [0.15, 0.2) is 46.0 Å². The number of nitrogens with one attached hydrogen (secondary N) is 2. The number of hydrogen-bond donors (Lipinski definition) is 2. The Bertz CT molecular complexity index is 940. The second kappa shape index (κ2) is 6.74. The van der Waals surface area contributed by atoms with E-state index in [1.807, 2.05) is 32.0 Å². The molecule has 3 rings (SSSR count). The van der Waals surface area contributed by atoms with Gasteiger partial charge in [-0.15, -0.1) is 11.3 Å². The maximum absolute atomic E-state index is 12.5. The van der Waals surface area contributed by atoms with Crippen LogP contribution in [0, 0.1) is 0 Å². The smallest absolute Gasteiger partial charge is 0.272 e. The van der Waals surface area contributed by atoms with Crippen molar-refractivity contribution in [2.24, 2.45) is 0 Å². The standard InChI is InChI=1S/C16H18N4O2S2/c1-3-11(2)17-15-16(19-13-8-5-4-7-12(13)18-15)20-24(21,22)14-9-6-10-23-14/h4-11H,3H2,1-2H3,(H,17,18)(H,19,20)/t11-/m0/s1. The molecule has 0 fully saturated rings. The SMILES string of the molecule is CC[C@H](C)Nc1nc2ccccc2nc1NS(=O)(=O)c1cccs1. The second-order valence-corrected chi connectivity index (χ2v) is 8.26. The van der Waals surface area contributed by atoms with Gasteiger partial charge in [0.15, 0.2) is 11.6 Å². The molecule has 0 spiro atoms. The van der Waals surface area contributed by atoms with Gasteiger partial charge in [0.25, 0.3) is 10.0 Å². The molecule has 0 aliphatic heterocycles. The summed E-state index contributed by atoms with van der Waals surface area (Å²) in [5, 5.41) is 4.94. The molecule has 8 heteroatoms. The maximum Gasteiger partial charge on any atom is 0.272 e. The molecule has 2 heterocycles. The summed E-state index contributed by atoms with van der Waals surface area (Å²) in [7, 11) is -3.68. The Morgan fingerprint density at radius 3 is 2.33 bits per heavy atom. The van der Waals surface area contributed by atoms with Crippen LogP contribution >= 0.6 is 11.3 Å². The molecule has 0 amide bonds. The van der Waals surface area contributed by atoms with E-state index < -0.39 is 10.0 Å². The van der Waals surface area contributed by atoms with E-state index in [9.17, 15) is 8.42 Å². The molecule has 3 aromatic rings. The summed E-state index contributed by atoms with van der Waals surface area (Å²) in [6, 6.07) is 10.8. The lowest BCUT2D eigenvalue weighted by Gasteiger charge is -2.16. The first-order valence-corrected chi connectivity index (χ1v) is 9.95. The van der Waals surface area contributed by atoms with Gasteiger partial charge in [-0.1, -0.05) is 25.1 Å². The van der Waals surface area contributed by atoms with Gasteiger partial charge in [0, 0.05) is 6.04 Å². The Kier molecular flexibility index (Phi) is 4.68. The number of para-hydroxylation sites is 2. The number of thiophene rings is 1. The molecule has 6 nitrogen and oxygen atoms in total. The van der Waals surface area contributed by atoms with Gasteiger partial charge in [-0.05, 0) is 36.9 Å². The summed E-state index contributed by atoms with van der Waals surface area (Å²) < 4.78 is 27.8. The lowest BCUT2D eigenvalue weighted by atomic mass is 10.2. The maximum atomic E-state index is 12.5. The molecule has 0 aliphatic rings. The molecule has 0 radical (unpaired) electrons. The molecule has 2 aromatic heterocycles. The van der Waals surface area contributed by atoms with Crippen molar-refractivity contribution in [3.8, 4) is 0 Å². The van der Waals surface area contributed by atoms with E-state index in [0.717, 1.165) is 17.8 Å². The van der Waals surface area contributed by atoms with Crippen molar-refractivity contribution in [1.82, 2.24) is 9.97 Å². The summed E-state index contributed by atoms with van der Waals surface area (Å²) in [6.07, 6.45) is 0.881. The summed E-state index contributed by atoms with van der Waals surface area (Å²) >= 11 is 1.16. The zero-order valence-corrected chi connectivity index (χ0v) is 15.0. The van der Waals surface area contributed by atoms with Crippen LogP contribution in [0.3, 0.4) is 0 Å². The summed E-state index contributed by atoms with van der Waals surface area (Å²) in [5.41, 5.74) is 1.35. The minimum Gasteiger partial charge on any atom is -0.365 e. The summed E-state index contributed by atoms with van der Waals surface area (Å²) in [4.78, 5) is 8.98. The predicted octanol–water partition coefficient (Wildman–Crippen LogP) is 3.70. The van der Waals surface area contributed by atoms with Gasteiger partial charge in [-0.25, -0.2) is 18.4 Å². The van der Waals surface area contributed by atoms with Gasteiger partial charge in [0.1, 0.15) is 4.21 Å². The highest BCUT2D eigenvalue weighted by molar-refractivity contribution is 7.94. The number of benzene rings is 1. The zero-order valence-electron chi connectivity index (χ0n) is 13.4. The van der Waals surface area contributed by atoms with E-state index in [-0.39, 0.29) is 16.1 Å². The van der Waals surface area contributed by atoms with Crippen molar-refractivity contribution in [1.29, 1.82) is 0 Å². The minimum absolute atomic E-state index is 0.144. The van der Waals surface area contributed by atoms with Crippen molar-refractivity contribution in [3.63, 3.8) is 0 Å². The number of sulfonamides is 1. The highest BCUT2D eigenvalue weighted by atomic mass is 32.2. The van der Waals surface area contributed by atoms with E-state index in [4.69, 9.17) is 0 Å². The fourth-order valence-corrected chi connectivity index (χ4v) is 4.10. The molecule has 0 saturated heterocycles. The van der Waals surface area contributed by atoms with Gasteiger partial charge < -0.3 is 5.32 Å².